The van der Waals surface area contributed by atoms with Crippen molar-refractivity contribution in [1.29, 1.82) is 0 Å². The van der Waals surface area contributed by atoms with Gasteiger partial charge in [0, 0.05) is 6.04 Å². The minimum Gasteiger partial charge on any atom is -0.480 e. The van der Waals surface area contributed by atoms with Crippen LogP contribution in [0.3, 0.4) is 0 Å². The predicted molar refractivity (Wildman–Crippen MR) is 73.7 cm³/mol. The molecule has 0 aromatic carbocycles. The number of carboxylic acid groups (broad SMARTS) is 1. The molecule has 4 nitrogen and oxygen atoms in total. The molecular formula is C13H23NO3S. The SMILES string of the molecule is CCC(SCC(=O)NC1CCCCC1C)C(=O)O. The van der Waals surface area contributed by atoms with E-state index in [0.717, 1.165) is 6.42 Å². The van der Waals surface area contributed by atoms with Gasteiger partial charge in [0.1, 0.15) is 5.25 Å². The van der Waals surface area contributed by atoms with E-state index >= 15 is 0 Å². The second-order valence-corrected chi connectivity index (χ2v) is 6.17. The number of rotatable bonds is 6. The van der Waals surface area contributed by atoms with Crippen LogP contribution in [-0.4, -0.2) is 34.0 Å². The Balaban J connectivity index is 2.30. The van der Waals surface area contributed by atoms with Crippen molar-refractivity contribution in [1.82, 2.24) is 5.32 Å². The molecule has 3 atom stereocenters. The summed E-state index contributed by atoms with van der Waals surface area (Å²) in [5.41, 5.74) is 0. The fourth-order valence-corrected chi connectivity index (χ4v) is 3.13. The summed E-state index contributed by atoms with van der Waals surface area (Å²) < 4.78 is 0. The Labute approximate surface area is 113 Å². The van der Waals surface area contributed by atoms with E-state index < -0.39 is 11.2 Å². The summed E-state index contributed by atoms with van der Waals surface area (Å²) >= 11 is 1.22. The van der Waals surface area contributed by atoms with Gasteiger partial charge in [0.25, 0.3) is 0 Å². The van der Waals surface area contributed by atoms with Gasteiger partial charge < -0.3 is 10.4 Å². The lowest BCUT2D eigenvalue weighted by molar-refractivity contribution is -0.136. The zero-order chi connectivity index (χ0) is 13.5. The lowest BCUT2D eigenvalue weighted by Crippen LogP contribution is -2.42. The minimum atomic E-state index is -0.832. The Bertz CT molecular complexity index is 296. The van der Waals surface area contributed by atoms with Gasteiger partial charge in [-0.3, -0.25) is 9.59 Å². The smallest absolute Gasteiger partial charge is 0.316 e. The second kappa shape index (κ2) is 7.67. The summed E-state index contributed by atoms with van der Waals surface area (Å²) in [5.74, 6) is -0.0810. The normalized spacial score (nSPS) is 25.4. The summed E-state index contributed by atoms with van der Waals surface area (Å²) in [6, 6.07) is 0.275. The molecule has 104 valence electrons. The van der Waals surface area contributed by atoms with E-state index in [1.54, 1.807) is 0 Å². The number of aliphatic carboxylic acids is 1. The van der Waals surface area contributed by atoms with Crippen molar-refractivity contribution in [2.45, 2.75) is 57.2 Å². The molecule has 0 radical (unpaired) electrons. The topological polar surface area (TPSA) is 66.4 Å². The van der Waals surface area contributed by atoms with E-state index in [1.165, 1.54) is 31.0 Å². The van der Waals surface area contributed by atoms with Crippen LogP contribution in [0, 0.1) is 5.92 Å². The Kier molecular flexibility index (Phi) is 6.54. The third-order valence-corrected chi connectivity index (χ3v) is 4.89. The highest BCUT2D eigenvalue weighted by Crippen LogP contribution is 2.24. The molecule has 1 aliphatic carbocycles. The van der Waals surface area contributed by atoms with Gasteiger partial charge in [-0.05, 0) is 25.2 Å². The number of carboxylic acids is 1. The number of carbonyl (C=O) groups excluding carboxylic acids is 1. The van der Waals surface area contributed by atoms with Crippen LogP contribution in [0.25, 0.3) is 0 Å². The standard InChI is InChI=1S/C13H23NO3S/c1-3-11(13(16)17)18-8-12(15)14-10-7-5-4-6-9(10)2/h9-11H,3-8H2,1-2H3,(H,14,15)(H,16,17). The van der Waals surface area contributed by atoms with Crippen LogP contribution in [-0.2, 0) is 9.59 Å². The third kappa shape index (κ3) is 4.88. The molecule has 0 spiro atoms. The Hall–Kier alpha value is -0.710. The quantitative estimate of drug-likeness (QED) is 0.779. The Morgan fingerprint density at radius 2 is 2.06 bits per heavy atom. The second-order valence-electron chi connectivity index (χ2n) is 4.98. The van der Waals surface area contributed by atoms with Gasteiger partial charge >= 0.3 is 5.97 Å². The zero-order valence-corrected chi connectivity index (χ0v) is 12.0. The Morgan fingerprint density at radius 1 is 1.39 bits per heavy atom. The van der Waals surface area contributed by atoms with Crippen molar-refractivity contribution in [3.8, 4) is 0 Å². The first kappa shape index (κ1) is 15.3. The molecule has 3 unspecified atom stereocenters. The van der Waals surface area contributed by atoms with Crippen molar-refractivity contribution in [2.24, 2.45) is 5.92 Å². The summed E-state index contributed by atoms with van der Waals surface area (Å²) in [5, 5.41) is 11.5. The summed E-state index contributed by atoms with van der Waals surface area (Å²) in [7, 11) is 0. The van der Waals surface area contributed by atoms with Crippen LogP contribution in [0.4, 0.5) is 0 Å². The van der Waals surface area contributed by atoms with E-state index in [4.69, 9.17) is 5.11 Å². The average Bonchev–Trinajstić information content (AvgIpc) is 2.32. The fourth-order valence-electron chi connectivity index (χ4n) is 2.32. The van der Waals surface area contributed by atoms with E-state index in [9.17, 15) is 9.59 Å². The van der Waals surface area contributed by atoms with Crippen molar-refractivity contribution in [2.75, 3.05) is 5.75 Å². The van der Waals surface area contributed by atoms with Gasteiger partial charge in [0.15, 0.2) is 0 Å². The number of amides is 1. The van der Waals surface area contributed by atoms with E-state index in [-0.39, 0.29) is 17.7 Å². The van der Waals surface area contributed by atoms with Crippen LogP contribution < -0.4 is 5.32 Å². The molecular weight excluding hydrogens is 250 g/mol. The van der Waals surface area contributed by atoms with Crippen molar-refractivity contribution in [3.63, 3.8) is 0 Å². The zero-order valence-electron chi connectivity index (χ0n) is 11.1. The highest BCUT2D eigenvalue weighted by Gasteiger charge is 2.23. The molecule has 0 aliphatic heterocycles. The van der Waals surface area contributed by atoms with Gasteiger partial charge in [0.2, 0.25) is 5.91 Å². The first-order valence-electron chi connectivity index (χ1n) is 6.68. The van der Waals surface area contributed by atoms with Crippen molar-refractivity contribution < 1.29 is 14.7 Å². The van der Waals surface area contributed by atoms with Crippen molar-refractivity contribution >= 4 is 23.6 Å². The molecule has 1 rings (SSSR count). The minimum absolute atomic E-state index is 0.0292. The van der Waals surface area contributed by atoms with Gasteiger partial charge in [-0.15, -0.1) is 11.8 Å². The third-order valence-electron chi connectivity index (χ3n) is 3.52. The number of nitrogens with one attached hydrogen (secondary N) is 1. The highest BCUT2D eigenvalue weighted by atomic mass is 32.2. The van der Waals surface area contributed by atoms with Crippen molar-refractivity contribution in [3.05, 3.63) is 0 Å². The molecule has 1 fully saturated rings. The van der Waals surface area contributed by atoms with E-state index in [2.05, 4.69) is 12.2 Å². The number of hydrogen-bond acceptors (Lipinski definition) is 3. The average molecular weight is 273 g/mol. The first-order chi connectivity index (χ1) is 8.54. The van der Waals surface area contributed by atoms with Crippen LogP contribution in [0.2, 0.25) is 0 Å². The molecule has 5 heteroatoms. The molecule has 2 N–H and O–H groups in total. The van der Waals surface area contributed by atoms with Gasteiger partial charge in [0.05, 0.1) is 5.75 Å². The van der Waals surface area contributed by atoms with Crippen LogP contribution >= 0.6 is 11.8 Å². The fraction of sp³-hybridized carbons (Fsp3) is 0.846. The Morgan fingerprint density at radius 3 is 2.61 bits per heavy atom. The molecule has 0 heterocycles. The predicted octanol–water partition coefficient (Wildman–Crippen LogP) is 2.28. The van der Waals surface area contributed by atoms with Crippen LogP contribution in [0.1, 0.15) is 46.0 Å². The van der Waals surface area contributed by atoms with E-state index in [1.807, 2.05) is 6.92 Å². The molecule has 1 amide bonds. The highest BCUT2D eigenvalue weighted by molar-refractivity contribution is 8.01. The summed E-state index contributed by atoms with van der Waals surface area (Å²) in [6.07, 6.45) is 5.19. The maximum Gasteiger partial charge on any atom is 0.316 e. The first-order valence-corrected chi connectivity index (χ1v) is 7.73. The largest absolute Gasteiger partial charge is 0.480 e. The van der Waals surface area contributed by atoms with Gasteiger partial charge in [-0.2, -0.15) is 0 Å². The lowest BCUT2D eigenvalue weighted by atomic mass is 9.86. The molecule has 0 aromatic heterocycles. The summed E-state index contributed by atoms with van der Waals surface area (Å²) in [4.78, 5) is 22.6. The molecule has 0 bridgehead atoms. The monoisotopic (exact) mass is 273 g/mol. The number of thioether (sulfide) groups is 1. The number of hydrogen-bond donors (Lipinski definition) is 2. The van der Waals surface area contributed by atoms with Crippen LogP contribution in [0.5, 0.6) is 0 Å². The van der Waals surface area contributed by atoms with Gasteiger partial charge in [-0.1, -0.05) is 26.7 Å². The number of carbonyl (C=O) groups is 2. The molecule has 0 aromatic rings. The molecule has 18 heavy (non-hydrogen) atoms. The maximum atomic E-state index is 11.8. The molecule has 1 aliphatic rings. The molecule has 1 saturated carbocycles. The van der Waals surface area contributed by atoms with E-state index in [0.29, 0.717) is 12.3 Å². The maximum absolute atomic E-state index is 11.8. The van der Waals surface area contributed by atoms with Gasteiger partial charge in [-0.25, -0.2) is 0 Å². The van der Waals surface area contributed by atoms with Crippen LogP contribution in [0.15, 0.2) is 0 Å². The summed E-state index contributed by atoms with van der Waals surface area (Å²) in [6.45, 7) is 4.00. The lowest BCUT2D eigenvalue weighted by Gasteiger charge is -2.29. The molecule has 0 saturated heterocycles.